The fraction of sp³-hybridized carbons (Fsp3) is 0.533. The lowest BCUT2D eigenvalue weighted by molar-refractivity contribution is 0.0160. The summed E-state index contributed by atoms with van der Waals surface area (Å²) in [4.78, 5) is 13.9. The Kier molecular flexibility index (Phi) is 4.31. The Labute approximate surface area is 134 Å². The van der Waals surface area contributed by atoms with Crippen LogP contribution in [0, 0.1) is 0 Å². The maximum absolute atomic E-state index is 12.3. The van der Waals surface area contributed by atoms with E-state index in [0.717, 1.165) is 11.1 Å². The number of ether oxygens (including phenoxy) is 1. The minimum absolute atomic E-state index is 0.102. The predicted octanol–water partition coefficient (Wildman–Crippen LogP) is 4.55. The van der Waals surface area contributed by atoms with Crippen molar-refractivity contribution in [1.82, 2.24) is 4.90 Å². The van der Waals surface area contributed by atoms with Crippen molar-refractivity contribution in [3.8, 4) is 5.75 Å². The molecule has 0 radical (unpaired) electrons. The molecule has 116 valence electrons. The molecule has 2 rings (SSSR count). The molecule has 4 nitrogen and oxygen atoms in total. The van der Waals surface area contributed by atoms with E-state index in [9.17, 15) is 9.90 Å². The van der Waals surface area contributed by atoms with E-state index in [1.165, 1.54) is 0 Å². The highest BCUT2D eigenvalue weighted by Gasteiger charge is 2.33. The van der Waals surface area contributed by atoms with Crippen LogP contribution in [-0.4, -0.2) is 28.2 Å². The molecular formula is C15H19Cl2NO3. The van der Waals surface area contributed by atoms with Gasteiger partial charge >= 0.3 is 6.09 Å². The standard InChI is InChI=1S/C15H19Cl2NO3/c1-8-10-7-11(16)13(19)12(17)9(10)5-6-18(8)14(20)21-15(2,3)4/h7-8,19H,5-6H2,1-4H3. The molecule has 0 spiro atoms. The molecule has 0 saturated heterocycles. The summed E-state index contributed by atoms with van der Waals surface area (Å²) in [6, 6.07) is 1.46. The van der Waals surface area contributed by atoms with Gasteiger partial charge in [0.05, 0.1) is 16.1 Å². The smallest absolute Gasteiger partial charge is 0.410 e. The van der Waals surface area contributed by atoms with E-state index < -0.39 is 5.60 Å². The number of rotatable bonds is 0. The summed E-state index contributed by atoms with van der Waals surface area (Å²) in [5.41, 5.74) is 1.15. The van der Waals surface area contributed by atoms with E-state index in [1.807, 2.05) is 27.7 Å². The molecule has 1 aromatic carbocycles. The number of fused-ring (bicyclic) bond motifs is 1. The zero-order valence-corrected chi connectivity index (χ0v) is 14.0. The fourth-order valence-electron chi connectivity index (χ4n) is 2.46. The summed E-state index contributed by atoms with van der Waals surface area (Å²) in [5, 5.41) is 10.3. The van der Waals surface area contributed by atoms with Crippen LogP contribution in [0.25, 0.3) is 0 Å². The van der Waals surface area contributed by atoms with Crippen molar-refractivity contribution in [3.63, 3.8) is 0 Å². The Bertz CT molecular complexity index is 581. The van der Waals surface area contributed by atoms with Crippen molar-refractivity contribution in [3.05, 3.63) is 27.2 Å². The molecule has 0 aromatic heterocycles. The molecule has 0 saturated carbocycles. The molecule has 0 aliphatic carbocycles. The number of hydrogen-bond acceptors (Lipinski definition) is 3. The highest BCUT2D eigenvalue weighted by molar-refractivity contribution is 6.37. The second-order valence-electron chi connectivity index (χ2n) is 6.19. The zero-order chi connectivity index (χ0) is 15.9. The van der Waals surface area contributed by atoms with Gasteiger partial charge in [0.1, 0.15) is 5.60 Å². The van der Waals surface area contributed by atoms with E-state index >= 15 is 0 Å². The summed E-state index contributed by atoms with van der Waals surface area (Å²) in [6.45, 7) is 7.88. The predicted molar refractivity (Wildman–Crippen MR) is 83.2 cm³/mol. The minimum atomic E-state index is -0.540. The number of halogens is 2. The number of hydrogen-bond donors (Lipinski definition) is 1. The number of carbonyl (C=O) groups excluding carboxylic acids is 1. The van der Waals surface area contributed by atoms with Gasteiger partial charge in [-0.2, -0.15) is 0 Å². The summed E-state index contributed by atoms with van der Waals surface area (Å²) in [6.07, 6.45) is 0.198. The number of amides is 1. The molecular weight excluding hydrogens is 313 g/mol. The molecule has 1 amide bonds. The normalized spacial score (nSPS) is 18.4. The molecule has 0 fully saturated rings. The second-order valence-corrected chi connectivity index (χ2v) is 6.97. The van der Waals surface area contributed by atoms with Crippen LogP contribution in [0.1, 0.15) is 44.9 Å². The van der Waals surface area contributed by atoms with Crippen LogP contribution < -0.4 is 0 Å². The van der Waals surface area contributed by atoms with E-state index in [-0.39, 0.29) is 27.9 Å². The molecule has 1 aliphatic rings. The Morgan fingerprint density at radius 3 is 2.62 bits per heavy atom. The first-order chi connectivity index (χ1) is 9.61. The summed E-state index contributed by atoms with van der Waals surface area (Å²) < 4.78 is 5.42. The first-order valence-corrected chi connectivity index (χ1v) is 7.56. The molecule has 6 heteroatoms. The van der Waals surface area contributed by atoms with Crippen molar-refractivity contribution in [1.29, 1.82) is 0 Å². The third-order valence-corrected chi connectivity index (χ3v) is 4.17. The van der Waals surface area contributed by atoms with Crippen LogP contribution >= 0.6 is 23.2 Å². The van der Waals surface area contributed by atoms with Gasteiger partial charge in [-0.15, -0.1) is 0 Å². The van der Waals surface area contributed by atoms with Gasteiger partial charge in [0.15, 0.2) is 5.75 Å². The number of benzene rings is 1. The highest BCUT2D eigenvalue weighted by atomic mass is 35.5. The Balaban J connectivity index is 2.33. The minimum Gasteiger partial charge on any atom is -0.505 e. The van der Waals surface area contributed by atoms with Crippen LogP contribution in [0.3, 0.4) is 0 Å². The Hall–Kier alpha value is -1.13. The molecule has 1 heterocycles. The van der Waals surface area contributed by atoms with E-state index in [2.05, 4.69) is 0 Å². The largest absolute Gasteiger partial charge is 0.505 e. The van der Waals surface area contributed by atoms with Crippen molar-refractivity contribution in [2.45, 2.75) is 45.8 Å². The SMILES string of the molecule is CC1c2cc(Cl)c(O)c(Cl)c2CCN1C(=O)OC(C)(C)C. The second kappa shape index (κ2) is 5.58. The van der Waals surface area contributed by atoms with E-state index in [1.54, 1.807) is 11.0 Å². The third kappa shape index (κ3) is 3.22. The average molecular weight is 332 g/mol. The maximum Gasteiger partial charge on any atom is 0.410 e. The number of phenolic OH excluding ortho intramolecular Hbond substituents is 1. The quantitative estimate of drug-likeness (QED) is 0.758. The van der Waals surface area contributed by atoms with Crippen molar-refractivity contribution >= 4 is 29.3 Å². The van der Waals surface area contributed by atoms with Gasteiger partial charge in [-0.25, -0.2) is 4.79 Å². The third-order valence-electron chi connectivity index (χ3n) is 3.48. The first kappa shape index (κ1) is 16.2. The van der Waals surface area contributed by atoms with Crippen LogP contribution in [0.15, 0.2) is 6.07 Å². The molecule has 1 aromatic rings. The van der Waals surface area contributed by atoms with Gasteiger partial charge in [0, 0.05) is 6.54 Å². The molecule has 1 aliphatic heterocycles. The molecule has 1 unspecified atom stereocenters. The maximum atomic E-state index is 12.3. The van der Waals surface area contributed by atoms with Crippen LogP contribution in [0.4, 0.5) is 4.79 Å². The summed E-state index contributed by atoms with van der Waals surface area (Å²) in [7, 11) is 0. The number of aromatic hydroxyl groups is 1. The van der Waals surface area contributed by atoms with Crippen LogP contribution in [-0.2, 0) is 11.2 Å². The number of nitrogens with zero attached hydrogens (tertiary/aromatic N) is 1. The lowest BCUT2D eigenvalue weighted by Crippen LogP contribution is -2.42. The first-order valence-electron chi connectivity index (χ1n) is 6.81. The Morgan fingerprint density at radius 2 is 2.05 bits per heavy atom. The summed E-state index contributed by atoms with van der Waals surface area (Å²) in [5.74, 6) is -0.102. The van der Waals surface area contributed by atoms with Gasteiger partial charge in [0.2, 0.25) is 0 Å². The van der Waals surface area contributed by atoms with Crippen molar-refractivity contribution in [2.75, 3.05) is 6.54 Å². The van der Waals surface area contributed by atoms with Gasteiger partial charge in [-0.1, -0.05) is 23.2 Å². The van der Waals surface area contributed by atoms with E-state index in [0.29, 0.717) is 13.0 Å². The lowest BCUT2D eigenvalue weighted by Gasteiger charge is -2.36. The molecule has 1 atom stereocenters. The molecule has 0 bridgehead atoms. The Morgan fingerprint density at radius 1 is 1.43 bits per heavy atom. The fourth-order valence-corrected chi connectivity index (χ4v) is 3.02. The van der Waals surface area contributed by atoms with Gasteiger partial charge in [-0.3, -0.25) is 0 Å². The molecule has 1 N–H and O–H groups in total. The number of phenols is 1. The summed E-state index contributed by atoms with van der Waals surface area (Å²) >= 11 is 12.1. The zero-order valence-electron chi connectivity index (χ0n) is 12.5. The monoisotopic (exact) mass is 331 g/mol. The van der Waals surface area contributed by atoms with Gasteiger partial charge in [0.25, 0.3) is 0 Å². The van der Waals surface area contributed by atoms with Crippen LogP contribution in [0.5, 0.6) is 5.75 Å². The highest BCUT2D eigenvalue weighted by Crippen LogP contribution is 2.42. The number of carbonyl (C=O) groups is 1. The van der Waals surface area contributed by atoms with Crippen LogP contribution in [0.2, 0.25) is 10.0 Å². The van der Waals surface area contributed by atoms with E-state index in [4.69, 9.17) is 27.9 Å². The van der Waals surface area contributed by atoms with Crippen molar-refractivity contribution in [2.24, 2.45) is 0 Å². The lowest BCUT2D eigenvalue weighted by atomic mass is 9.93. The van der Waals surface area contributed by atoms with Crippen molar-refractivity contribution < 1.29 is 14.6 Å². The van der Waals surface area contributed by atoms with Gasteiger partial charge in [-0.05, 0) is 51.3 Å². The average Bonchev–Trinajstić information content (AvgIpc) is 2.35. The topological polar surface area (TPSA) is 49.8 Å². The molecule has 21 heavy (non-hydrogen) atoms. The van der Waals surface area contributed by atoms with Gasteiger partial charge < -0.3 is 14.7 Å².